The minimum absolute atomic E-state index is 0.330. The van der Waals surface area contributed by atoms with Crippen molar-refractivity contribution >= 4 is 18.0 Å². The molecule has 0 aliphatic rings. The number of carbonyl (C=O) groups is 1. The Balaban J connectivity index is 0. The van der Waals surface area contributed by atoms with Crippen molar-refractivity contribution in [3.05, 3.63) is 61.2 Å². The van der Waals surface area contributed by atoms with Crippen molar-refractivity contribution in [2.75, 3.05) is 6.61 Å². The van der Waals surface area contributed by atoms with E-state index >= 15 is 0 Å². The predicted octanol–water partition coefficient (Wildman–Crippen LogP) is 3.74. The van der Waals surface area contributed by atoms with Crippen LogP contribution in [0.15, 0.2) is 55.6 Å². The lowest BCUT2D eigenvalue weighted by Gasteiger charge is -1.97. The highest BCUT2D eigenvalue weighted by Gasteiger charge is 1.91. The molecule has 22 heavy (non-hydrogen) atoms. The van der Waals surface area contributed by atoms with Crippen LogP contribution in [0.5, 0.6) is 0 Å². The van der Waals surface area contributed by atoms with E-state index in [-0.39, 0.29) is 5.97 Å². The molecule has 0 amide bonds. The largest absolute Gasteiger partial charge is 0.463 e. The average Bonchev–Trinajstić information content (AvgIpc) is 2.57. The zero-order valence-electron chi connectivity index (χ0n) is 12.8. The lowest BCUT2D eigenvalue weighted by molar-refractivity contribution is -0.137. The molecule has 0 bridgehead atoms. The maximum atomic E-state index is 10.3. The molecule has 0 aliphatic heterocycles. The summed E-state index contributed by atoms with van der Waals surface area (Å²) in [6.45, 7) is 9.45. The fraction of sp³-hybridized carbons (Fsp3) is 0.222. The summed E-state index contributed by atoms with van der Waals surface area (Å²) in [6.07, 6.45) is 5.74. The third-order valence-electron chi connectivity index (χ3n) is 2.07. The number of ether oxygens (including phenoxy) is 1. The Morgan fingerprint density at radius 2 is 1.95 bits per heavy atom. The van der Waals surface area contributed by atoms with Gasteiger partial charge in [0.05, 0.1) is 12.7 Å². The van der Waals surface area contributed by atoms with Gasteiger partial charge < -0.3 is 4.74 Å². The Hall–Kier alpha value is -2.89. The van der Waals surface area contributed by atoms with Gasteiger partial charge in [0, 0.05) is 6.08 Å². The van der Waals surface area contributed by atoms with E-state index in [1.807, 2.05) is 43.3 Å². The van der Waals surface area contributed by atoms with Gasteiger partial charge in [0.2, 0.25) is 0 Å². The molecule has 0 heterocycles. The minimum atomic E-state index is -0.330. The lowest BCUT2D eigenvalue weighted by atomic mass is 10.2. The summed E-state index contributed by atoms with van der Waals surface area (Å²) >= 11 is 0. The second kappa shape index (κ2) is 18.1. The van der Waals surface area contributed by atoms with E-state index in [9.17, 15) is 4.79 Å². The van der Waals surface area contributed by atoms with E-state index in [0.717, 1.165) is 18.9 Å². The molecule has 1 aromatic carbocycles. The van der Waals surface area contributed by atoms with Gasteiger partial charge in [0.15, 0.2) is 0 Å². The van der Waals surface area contributed by atoms with Crippen molar-refractivity contribution in [2.45, 2.75) is 19.8 Å². The Labute approximate surface area is 132 Å². The molecule has 0 unspecified atom stereocenters. The van der Waals surface area contributed by atoms with Crippen LogP contribution < -0.4 is 0 Å². The second-order valence-electron chi connectivity index (χ2n) is 3.73. The van der Waals surface area contributed by atoms with Gasteiger partial charge in [0.1, 0.15) is 12.0 Å². The molecule has 0 radical (unpaired) electrons. The molecule has 0 saturated carbocycles. The summed E-state index contributed by atoms with van der Waals surface area (Å²) in [5.41, 5.74) is 1.17. The van der Waals surface area contributed by atoms with Crippen LogP contribution in [-0.2, 0) is 14.3 Å². The van der Waals surface area contributed by atoms with Gasteiger partial charge >= 0.3 is 5.97 Å². The number of allylic oxidation sites excluding steroid dienone is 1. The molecule has 116 valence electrons. The Bertz CT molecular complexity index is 509. The average molecular weight is 299 g/mol. The number of carbonyl (C=O) groups excluding carboxylic acids is 2. The smallest absolute Gasteiger partial charge is 0.330 e. The van der Waals surface area contributed by atoms with Crippen LogP contribution in [0, 0.1) is 11.3 Å². The van der Waals surface area contributed by atoms with Crippen molar-refractivity contribution in [1.29, 1.82) is 5.26 Å². The zero-order valence-corrected chi connectivity index (χ0v) is 12.8. The molecule has 1 rings (SSSR count). The normalized spacial score (nSPS) is 7.45. The van der Waals surface area contributed by atoms with Crippen LogP contribution in [0.3, 0.4) is 0 Å². The highest BCUT2D eigenvalue weighted by molar-refractivity contribution is 5.81. The number of nitriles is 1. The molecule has 0 atom stereocenters. The maximum Gasteiger partial charge on any atom is 0.330 e. The number of hydrogen-bond acceptors (Lipinski definition) is 4. The number of hydrogen-bond donors (Lipinski definition) is 0. The van der Waals surface area contributed by atoms with Gasteiger partial charge in [-0.3, -0.25) is 0 Å². The van der Waals surface area contributed by atoms with Crippen molar-refractivity contribution in [2.24, 2.45) is 0 Å². The fourth-order valence-corrected chi connectivity index (χ4v) is 0.991. The molecule has 0 fully saturated rings. The topological polar surface area (TPSA) is 67.2 Å². The van der Waals surface area contributed by atoms with Gasteiger partial charge in [-0.25, -0.2) is 9.59 Å². The summed E-state index contributed by atoms with van der Waals surface area (Å²) in [6, 6.07) is 11.5. The zero-order chi connectivity index (χ0) is 17.1. The van der Waals surface area contributed by atoms with Crippen molar-refractivity contribution in [3.8, 4) is 6.07 Å². The van der Waals surface area contributed by atoms with Crippen LogP contribution in [0.2, 0.25) is 0 Å². The number of nitrogens with zero attached hydrogens (tertiary/aromatic N) is 1. The first-order valence-corrected chi connectivity index (χ1v) is 6.71. The molecule has 0 N–H and O–H groups in total. The van der Waals surface area contributed by atoms with E-state index in [2.05, 4.69) is 17.9 Å². The number of rotatable bonds is 5. The highest BCUT2D eigenvalue weighted by atomic mass is 16.5. The van der Waals surface area contributed by atoms with Crippen LogP contribution >= 0.6 is 0 Å². The van der Waals surface area contributed by atoms with Gasteiger partial charge in [-0.1, -0.05) is 62.9 Å². The minimum Gasteiger partial charge on any atom is -0.463 e. The molecular weight excluding hydrogens is 278 g/mol. The Kier molecular flexibility index (Phi) is 17.6. The van der Waals surface area contributed by atoms with E-state index < -0.39 is 0 Å². The van der Waals surface area contributed by atoms with Crippen LogP contribution in [0.4, 0.5) is 0 Å². The standard InChI is InChI=1S/C8H8.C7H12O2.C3HNO/c1-2-8-6-4-3-5-7-8;1-3-5-6-9-7(8)4-2;4-2-1-3-5/h2-7H,1H2;4H,2-3,5-6H2,1H3;1H. The second-order valence-corrected chi connectivity index (χ2v) is 3.73. The van der Waals surface area contributed by atoms with E-state index in [4.69, 9.17) is 10.1 Å². The Morgan fingerprint density at radius 3 is 2.27 bits per heavy atom. The first-order chi connectivity index (χ1) is 10.7. The third kappa shape index (κ3) is 17.1. The summed E-state index contributed by atoms with van der Waals surface area (Å²) in [7, 11) is 0. The maximum absolute atomic E-state index is 10.3. The molecule has 4 nitrogen and oxygen atoms in total. The summed E-state index contributed by atoms with van der Waals surface area (Å²) in [4.78, 5) is 19.3. The molecule has 0 spiro atoms. The van der Waals surface area contributed by atoms with Crippen LogP contribution in [0.1, 0.15) is 25.3 Å². The Morgan fingerprint density at radius 1 is 1.32 bits per heavy atom. The van der Waals surface area contributed by atoms with Crippen LogP contribution in [-0.4, -0.2) is 18.5 Å². The number of benzene rings is 1. The lowest BCUT2D eigenvalue weighted by Crippen LogP contribution is -2.00. The monoisotopic (exact) mass is 299 g/mol. The SMILES string of the molecule is C=CC(=O)OCCCC.C=Cc1ccccc1.N#CC=C=O. The predicted molar refractivity (Wildman–Crippen MR) is 88.5 cm³/mol. The van der Waals surface area contributed by atoms with Gasteiger partial charge in [-0.05, 0) is 12.0 Å². The van der Waals surface area contributed by atoms with Crippen molar-refractivity contribution < 1.29 is 14.3 Å². The molecule has 0 saturated heterocycles. The quantitative estimate of drug-likeness (QED) is 0.273. The van der Waals surface area contributed by atoms with Crippen molar-refractivity contribution in [1.82, 2.24) is 0 Å². The molecular formula is C18H21NO3. The van der Waals surface area contributed by atoms with E-state index in [1.165, 1.54) is 23.7 Å². The number of unbranched alkanes of at least 4 members (excludes halogenated alkanes) is 1. The van der Waals surface area contributed by atoms with Crippen LogP contribution in [0.25, 0.3) is 6.08 Å². The van der Waals surface area contributed by atoms with Gasteiger partial charge in [0.25, 0.3) is 0 Å². The molecule has 0 aliphatic carbocycles. The van der Waals surface area contributed by atoms with E-state index in [1.54, 1.807) is 0 Å². The third-order valence-corrected chi connectivity index (χ3v) is 2.07. The van der Waals surface area contributed by atoms with Gasteiger partial charge in [-0.2, -0.15) is 5.26 Å². The first kappa shape index (κ1) is 21.4. The highest BCUT2D eigenvalue weighted by Crippen LogP contribution is 1.97. The van der Waals surface area contributed by atoms with E-state index in [0.29, 0.717) is 6.61 Å². The summed E-state index contributed by atoms with van der Waals surface area (Å²) in [5.74, 6) is 0.951. The molecule has 4 heteroatoms. The van der Waals surface area contributed by atoms with Gasteiger partial charge in [-0.15, -0.1) is 0 Å². The molecule has 0 aromatic heterocycles. The summed E-state index contributed by atoms with van der Waals surface area (Å²) < 4.78 is 4.67. The number of esters is 1. The molecule has 1 aromatic rings. The fourth-order valence-electron chi connectivity index (χ4n) is 0.991. The summed E-state index contributed by atoms with van der Waals surface area (Å²) in [5, 5.41) is 7.50. The van der Waals surface area contributed by atoms with Crippen molar-refractivity contribution in [3.63, 3.8) is 0 Å². The first-order valence-electron chi connectivity index (χ1n) is 6.71.